The molecule has 28 heavy (non-hydrogen) atoms. The van der Waals surface area contributed by atoms with Crippen LogP contribution in [-0.2, 0) is 7.05 Å². The Hall–Kier alpha value is -2.11. The normalized spacial score (nSPS) is 11.3. The van der Waals surface area contributed by atoms with E-state index in [-0.39, 0.29) is 0 Å². The number of halogens is 2. The summed E-state index contributed by atoms with van der Waals surface area (Å²) in [6, 6.07) is 7.86. The molecule has 0 aliphatic carbocycles. The van der Waals surface area contributed by atoms with Gasteiger partial charge in [0.2, 0.25) is 5.95 Å². The van der Waals surface area contributed by atoms with Gasteiger partial charge in [-0.1, -0.05) is 37.0 Å². The van der Waals surface area contributed by atoms with Crippen molar-refractivity contribution in [1.82, 2.24) is 9.55 Å². The molecule has 5 nitrogen and oxygen atoms in total. The molecule has 0 saturated heterocycles. The van der Waals surface area contributed by atoms with Crippen LogP contribution >= 0.6 is 23.2 Å². The van der Waals surface area contributed by atoms with Crippen molar-refractivity contribution in [3.8, 4) is 5.75 Å². The molecule has 0 atom stereocenters. The Kier molecular flexibility index (Phi) is 6.26. The lowest BCUT2D eigenvalue weighted by Crippen LogP contribution is -2.18. The van der Waals surface area contributed by atoms with E-state index in [2.05, 4.69) is 24.5 Å². The summed E-state index contributed by atoms with van der Waals surface area (Å²) in [5, 5.41) is 8.31. The first-order valence-corrected chi connectivity index (χ1v) is 10.2. The van der Waals surface area contributed by atoms with E-state index in [0.29, 0.717) is 27.8 Å². The second-order valence-corrected chi connectivity index (χ2v) is 7.71. The Morgan fingerprint density at radius 1 is 1.14 bits per heavy atom. The average Bonchev–Trinajstić information content (AvgIpc) is 2.99. The predicted molar refractivity (Wildman–Crippen MR) is 120 cm³/mol. The summed E-state index contributed by atoms with van der Waals surface area (Å²) in [5.41, 5.74) is 4.56. The SMILES string of the molecule is CCC(CC)Nc1c(Cl)ccc2nc(Nc3c(C)cc(Cl)cc3OC)n(C)c12. The first kappa shape index (κ1) is 20.6. The Balaban J connectivity index is 2.09. The van der Waals surface area contributed by atoms with Gasteiger partial charge in [-0.25, -0.2) is 4.98 Å². The van der Waals surface area contributed by atoms with Crippen molar-refractivity contribution in [2.75, 3.05) is 17.7 Å². The van der Waals surface area contributed by atoms with Crippen LogP contribution < -0.4 is 15.4 Å². The van der Waals surface area contributed by atoms with E-state index in [0.717, 1.165) is 40.8 Å². The monoisotopic (exact) mass is 420 g/mol. The maximum atomic E-state index is 6.53. The number of fused-ring (bicyclic) bond motifs is 1. The van der Waals surface area contributed by atoms with E-state index in [9.17, 15) is 0 Å². The highest BCUT2D eigenvalue weighted by atomic mass is 35.5. The van der Waals surface area contributed by atoms with Crippen LogP contribution in [0, 0.1) is 6.92 Å². The number of anilines is 3. The molecule has 2 N–H and O–H groups in total. The fourth-order valence-corrected chi connectivity index (χ4v) is 3.84. The number of imidazole rings is 1. The van der Waals surface area contributed by atoms with Crippen molar-refractivity contribution in [3.05, 3.63) is 39.9 Å². The molecule has 0 aliphatic heterocycles. The number of aromatic nitrogens is 2. The van der Waals surface area contributed by atoms with Gasteiger partial charge in [0.1, 0.15) is 5.75 Å². The summed E-state index contributed by atoms with van der Waals surface area (Å²) in [4.78, 5) is 4.77. The van der Waals surface area contributed by atoms with Gasteiger partial charge in [0.15, 0.2) is 0 Å². The molecule has 150 valence electrons. The lowest BCUT2D eigenvalue weighted by Gasteiger charge is -2.19. The number of aryl methyl sites for hydroxylation is 2. The lowest BCUT2D eigenvalue weighted by atomic mass is 10.1. The average molecular weight is 421 g/mol. The third-order valence-electron chi connectivity index (χ3n) is 5.04. The van der Waals surface area contributed by atoms with Crippen molar-refractivity contribution in [2.45, 2.75) is 39.7 Å². The zero-order valence-corrected chi connectivity index (χ0v) is 18.4. The van der Waals surface area contributed by atoms with Gasteiger partial charge in [0, 0.05) is 24.2 Å². The molecule has 3 aromatic rings. The van der Waals surface area contributed by atoms with Crippen LogP contribution in [0.2, 0.25) is 10.0 Å². The second kappa shape index (κ2) is 8.50. The Bertz CT molecular complexity index is 996. The van der Waals surface area contributed by atoms with E-state index in [1.54, 1.807) is 13.2 Å². The number of rotatable bonds is 7. The van der Waals surface area contributed by atoms with Gasteiger partial charge in [0.25, 0.3) is 0 Å². The molecule has 7 heteroatoms. The maximum Gasteiger partial charge on any atom is 0.208 e. The molecule has 2 aromatic carbocycles. The van der Waals surface area contributed by atoms with Crippen molar-refractivity contribution >= 4 is 51.6 Å². The topological polar surface area (TPSA) is 51.1 Å². The van der Waals surface area contributed by atoms with Crippen LogP contribution in [0.5, 0.6) is 5.75 Å². The lowest BCUT2D eigenvalue weighted by molar-refractivity contribution is 0.416. The van der Waals surface area contributed by atoms with Crippen LogP contribution in [-0.4, -0.2) is 22.7 Å². The van der Waals surface area contributed by atoms with Gasteiger partial charge >= 0.3 is 0 Å². The number of hydrogen-bond acceptors (Lipinski definition) is 4. The van der Waals surface area contributed by atoms with Gasteiger partial charge in [-0.3, -0.25) is 0 Å². The summed E-state index contributed by atoms with van der Waals surface area (Å²) in [5.74, 6) is 1.37. The summed E-state index contributed by atoms with van der Waals surface area (Å²) >= 11 is 12.7. The molecule has 0 spiro atoms. The molecule has 0 bridgehead atoms. The Morgan fingerprint density at radius 2 is 1.86 bits per heavy atom. The summed E-state index contributed by atoms with van der Waals surface area (Å²) in [7, 11) is 3.60. The summed E-state index contributed by atoms with van der Waals surface area (Å²) in [6.07, 6.45) is 2.04. The highest BCUT2D eigenvalue weighted by molar-refractivity contribution is 6.34. The molecule has 0 aliphatic rings. The minimum atomic E-state index is 0.355. The zero-order chi connectivity index (χ0) is 20.4. The largest absolute Gasteiger partial charge is 0.495 e. The fourth-order valence-electron chi connectivity index (χ4n) is 3.37. The number of nitrogens with zero attached hydrogens (tertiary/aromatic N) is 2. The fraction of sp³-hybridized carbons (Fsp3) is 0.381. The molecule has 0 saturated carbocycles. The first-order chi connectivity index (χ1) is 13.4. The Labute approximate surface area is 176 Å². The van der Waals surface area contributed by atoms with Crippen molar-refractivity contribution in [1.29, 1.82) is 0 Å². The highest BCUT2D eigenvalue weighted by Crippen LogP contribution is 2.37. The number of ether oxygens (including phenoxy) is 1. The molecular weight excluding hydrogens is 395 g/mol. The maximum absolute atomic E-state index is 6.53. The summed E-state index contributed by atoms with van der Waals surface area (Å²) in [6.45, 7) is 6.32. The first-order valence-electron chi connectivity index (χ1n) is 9.42. The van der Waals surface area contributed by atoms with E-state index in [4.69, 9.17) is 32.9 Å². The van der Waals surface area contributed by atoms with E-state index in [1.165, 1.54) is 0 Å². The molecule has 0 radical (unpaired) electrons. The molecule has 0 fully saturated rings. The van der Waals surface area contributed by atoms with Crippen LogP contribution in [0.4, 0.5) is 17.3 Å². The van der Waals surface area contributed by atoms with Crippen molar-refractivity contribution in [3.63, 3.8) is 0 Å². The van der Waals surface area contributed by atoms with E-state index < -0.39 is 0 Å². The molecule has 0 amide bonds. The minimum absolute atomic E-state index is 0.355. The van der Waals surface area contributed by atoms with Crippen molar-refractivity contribution in [2.24, 2.45) is 7.05 Å². The van der Waals surface area contributed by atoms with Crippen LogP contribution in [0.15, 0.2) is 24.3 Å². The molecular formula is C21H26Cl2N4O. The Morgan fingerprint density at radius 3 is 2.50 bits per heavy atom. The number of benzene rings is 2. The van der Waals surface area contributed by atoms with Gasteiger partial charge in [-0.15, -0.1) is 0 Å². The van der Waals surface area contributed by atoms with Crippen LogP contribution in [0.1, 0.15) is 32.3 Å². The quantitative estimate of drug-likeness (QED) is 0.455. The van der Waals surface area contributed by atoms with Crippen molar-refractivity contribution < 1.29 is 4.74 Å². The van der Waals surface area contributed by atoms with E-state index >= 15 is 0 Å². The molecule has 3 rings (SSSR count). The minimum Gasteiger partial charge on any atom is -0.495 e. The van der Waals surface area contributed by atoms with Gasteiger partial charge in [0.05, 0.1) is 34.5 Å². The smallest absolute Gasteiger partial charge is 0.208 e. The predicted octanol–water partition coefficient (Wildman–Crippen LogP) is 6.54. The molecule has 0 unspecified atom stereocenters. The third-order valence-corrected chi connectivity index (χ3v) is 5.57. The molecule has 1 aromatic heterocycles. The standard InChI is InChI=1S/C21H26Cl2N4O/c1-6-14(7-2)24-19-15(23)8-9-16-20(19)27(4)21(25-16)26-18-12(3)10-13(22)11-17(18)28-5/h8-11,14,24H,6-7H2,1-5H3,(H,25,26). The number of methoxy groups -OCH3 is 1. The van der Waals surface area contributed by atoms with E-state index in [1.807, 2.05) is 36.7 Å². The zero-order valence-electron chi connectivity index (χ0n) is 16.9. The number of hydrogen-bond donors (Lipinski definition) is 2. The van der Waals surface area contributed by atoms with Gasteiger partial charge in [-0.05, 0) is 43.5 Å². The van der Waals surface area contributed by atoms with Crippen LogP contribution in [0.25, 0.3) is 11.0 Å². The van der Waals surface area contributed by atoms with Gasteiger partial charge < -0.3 is 19.9 Å². The summed E-state index contributed by atoms with van der Waals surface area (Å²) < 4.78 is 7.51. The van der Waals surface area contributed by atoms with Gasteiger partial charge in [-0.2, -0.15) is 0 Å². The highest BCUT2D eigenvalue weighted by Gasteiger charge is 2.18. The number of nitrogens with one attached hydrogen (secondary N) is 2. The molecule has 1 heterocycles. The van der Waals surface area contributed by atoms with Crippen LogP contribution in [0.3, 0.4) is 0 Å². The third kappa shape index (κ3) is 3.87. The second-order valence-electron chi connectivity index (χ2n) is 6.87.